The average Bonchev–Trinajstić information content (AvgIpc) is 3.14. The first kappa shape index (κ1) is 30.0. The second kappa shape index (κ2) is 15.2. The average molecular weight is 559 g/mol. The predicted octanol–water partition coefficient (Wildman–Crippen LogP) is 3.35. The molecule has 0 aliphatic carbocycles. The molecule has 1 aliphatic heterocycles. The highest BCUT2D eigenvalue weighted by Gasteiger charge is 2.32. The maximum atomic E-state index is 13.8. The number of nitrogens with one attached hydrogen (secondary N) is 2. The molecule has 6 N–H and O–H groups in total. The molecule has 0 bridgehead atoms. The lowest BCUT2D eigenvalue weighted by Crippen LogP contribution is -2.49. The molecule has 1 unspecified atom stereocenters. The Hall–Kier alpha value is -3.95. The van der Waals surface area contributed by atoms with Crippen LogP contribution >= 0.6 is 0 Å². The minimum atomic E-state index is -0.420. The molecule has 3 aromatic carbocycles. The number of fused-ring (bicyclic) bond motifs is 1. The van der Waals surface area contributed by atoms with E-state index in [1.54, 1.807) is 0 Å². The first-order valence-electron chi connectivity index (χ1n) is 14.5. The summed E-state index contributed by atoms with van der Waals surface area (Å²) in [7, 11) is 0. The van der Waals surface area contributed by atoms with Crippen LogP contribution in [0.25, 0.3) is 10.8 Å². The van der Waals surface area contributed by atoms with Crippen molar-refractivity contribution in [1.29, 1.82) is 0 Å². The Morgan fingerprint density at radius 3 is 2.61 bits per heavy atom. The summed E-state index contributed by atoms with van der Waals surface area (Å²) in [5.74, 6) is -0.0645. The summed E-state index contributed by atoms with van der Waals surface area (Å²) in [6, 6.07) is 23.2. The Kier molecular flexibility index (Phi) is 11.1. The number of rotatable bonds is 13. The Morgan fingerprint density at radius 1 is 1.10 bits per heavy atom. The summed E-state index contributed by atoms with van der Waals surface area (Å²) < 4.78 is 6.20. The molecule has 1 saturated heterocycles. The van der Waals surface area contributed by atoms with Gasteiger partial charge in [0.2, 0.25) is 5.91 Å². The first-order valence-corrected chi connectivity index (χ1v) is 14.5. The van der Waals surface area contributed by atoms with E-state index in [1.807, 2.05) is 77.7 Å². The van der Waals surface area contributed by atoms with E-state index in [0.29, 0.717) is 57.6 Å². The van der Waals surface area contributed by atoms with E-state index in [0.717, 1.165) is 22.8 Å². The molecule has 0 radical (unpaired) electrons. The van der Waals surface area contributed by atoms with Gasteiger partial charge in [0.25, 0.3) is 5.91 Å². The van der Waals surface area contributed by atoms with Crippen LogP contribution in [0, 0.1) is 0 Å². The van der Waals surface area contributed by atoms with Crippen LogP contribution in [0.15, 0.2) is 77.8 Å². The minimum Gasteiger partial charge on any atom is -0.372 e. The monoisotopic (exact) mass is 558 g/mol. The molecule has 4 rings (SSSR count). The summed E-state index contributed by atoms with van der Waals surface area (Å²) in [5.41, 5.74) is 12.6. The molecule has 9 nitrogen and oxygen atoms in total. The molecule has 0 aromatic heterocycles. The lowest BCUT2D eigenvalue weighted by atomic mass is 10.1. The Labute approximate surface area is 242 Å². The minimum absolute atomic E-state index is 0.0269. The largest absolute Gasteiger partial charge is 0.372 e. The van der Waals surface area contributed by atoms with E-state index in [-0.39, 0.29) is 29.9 Å². The number of benzene rings is 3. The van der Waals surface area contributed by atoms with Crippen molar-refractivity contribution in [3.8, 4) is 0 Å². The maximum absolute atomic E-state index is 13.8. The van der Waals surface area contributed by atoms with Crippen LogP contribution in [-0.2, 0) is 9.53 Å². The van der Waals surface area contributed by atoms with Crippen molar-refractivity contribution in [2.45, 2.75) is 50.8 Å². The number of amides is 2. The van der Waals surface area contributed by atoms with Gasteiger partial charge < -0.3 is 31.7 Å². The van der Waals surface area contributed by atoms with Crippen LogP contribution in [0.1, 0.15) is 54.6 Å². The second-order valence-electron chi connectivity index (χ2n) is 10.5. The maximum Gasteiger partial charge on any atom is 0.251 e. The smallest absolute Gasteiger partial charge is 0.251 e. The molecule has 3 atom stereocenters. The van der Waals surface area contributed by atoms with Gasteiger partial charge in [-0.25, -0.2) is 0 Å². The fourth-order valence-electron chi connectivity index (χ4n) is 5.16. The van der Waals surface area contributed by atoms with E-state index < -0.39 is 6.04 Å². The lowest BCUT2D eigenvalue weighted by molar-refractivity contribution is -0.135. The predicted molar refractivity (Wildman–Crippen MR) is 164 cm³/mol. The molecule has 1 aliphatic rings. The zero-order valence-corrected chi connectivity index (χ0v) is 23.8. The molecule has 0 spiro atoms. The van der Waals surface area contributed by atoms with Gasteiger partial charge in [0.1, 0.15) is 6.10 Å². The molecule has 2 amide bonds. The van der Waals surface area contributed by atoms with E-state index in [4.69, 9.17) is 16.2 Å². The zero-order valence-electron chi connectivity index (χ0n) is 23.8. The summed E-state index contributed by atoms with van der Waals surface area (Å²) in [6.07, 6.45) is 2.60. The number of nitrogens with zero attached hydrogens (tertiary/aromatic N) is 2. The Morgan fingerprint density at radius 2 is 1.85 bits per heavy atom. The number of guanidine groups is 1. The number of carbonyl (C=O) groups is 2. The van der Waals surface area contributed by atoms with Gasteiger partial charge in [0, 0.05) is 37.8 Å². The van der Waals surface area contributed by atoms with Gasteiger partial charge in [-0.1, -0.05) is 67.6 Å². The van der Waals surface area contributed by atoms with Gasteiger partial charge in [0.05, 0.1) is 12.6 Å². The van der Waals surface area contributed by atoms with Gasteiger partial charge in [-0.15, -0.1) is 0 Å². The van der Waals surface area contributed by atoms with E-state index in [2.05, 4.69) is 22.5 Å². The quantitative estimate of drug-likeness (QED) is 0.144. The second-order valence-corrected chi connectivity index (χ2v) is 10.5. The van der Waals surface area contributed by atoms with Crippen molar-refractivity contribution in [2.24, 2.45) is 16.5 Å². The normalized spacial score (nSPS) is 18.1. The van der Waals surface area contributed by atoms with Crippen LogP contribution in [0.4, 0.5) is 0 Å². The van der Waals surface area contributed by atoms with Gasteiger partial charge >= 0.3 is 0 Å². The number of hydrogen-bond donors (Lipinski definition) is 4. The fraction of sp³-hybridized carbons (Fsp3) is 0.406. The topological polar surface area (TPSA) is 135 Å². The molecular formula is C32H42N6O3. The standard InChI is InChI=1S/C32H42N6O3/c1-2-19-41-29(24-10-4-3-5-11-24)22-38-18-16-27(37-28(31(38)40)13-8-17-35-32(33)34)21-36-30(39)26-15-14-23-9-6-7-12-25(23)20-26/h3-7,9-12,14-15,20,27-29,37H,2,8,13,16-19,21-22H2,1H3,(H,36,39)(H4,33,34,35)/t27-,28-,29?/m0/s1. The fourth-order valence-corrected chi connectivity index (χ4v) is 5.16. The third kappa shape index (κ3) is 8.77. The molecule has 3 aromatic rings. The molecular weight excluding hydrogens is 516 g/mol. The van der Waals surface area contributed by atoms with Crippen LogP contribution in [0.2, 0.25) is 0 Å². The molecule has 1 fully saturated rings. The highest BCUT2D eigenvalue weighted by molar-refractivity contribution is 5.98. The van der Waals surface area contributed by atoms with Crippen LogP contribution in [0.3, 0.4) is 0 Å². The zero-order chi connectivity index (χ0) is 29.0. The van der Waals surface area contributed by atoms with Gasteiger partial charge in [-0.05, 0) is 54.2 Å². The SMILES string of the molecule is CCCOC(CN1CC[C@@H](CNC(=O)c2ccc3ccccc3c2)N[C@@H](CCCN=C(N)N)C1=O)c1ccccc1. The third-order valence-electron chi connectivity index (χ3n) is 7.34. The van der Waals surface area contributed by atoms with Gasteiger partial charge in [-0.2, -0.15) is 0 Å². The van der Waals surface area contributed by atoms with E-state index in [9.17, 15) is 9.59 Å². The van der Waals surface area contributed by atoms with Gasteiger partial charge in [-0.3, -0.25) is 14.6 Å². The number of hydrogen-bond acceptors (Lipinski definition) is 5. The van der Waals surface area contributed by atoms with Crippen LogP contribution in [0.5, 0.6) is 0 Å². The van der Waals surface area contributed by atoms with Crippen LogP contribution < -0.4 is 22.1 Å². The molecule has 1 heterocycles. The highest BCUT2D eigenvalue weighted by atomic mass is 16.5. The van der Waals surface area contributed by atoms with Crippen molar-refractivity contribution in [2.75, 3.05) is 32.8 Å². The number of ether oxygens (including phenoxy) is 1. The summed E-state index contributed by atoms with van der Waals surface area (Å²) in [5, 5.41) is 8.71. The number of carbonyl (C=O) groups excluding carboxylic acids is 2. The summed E-state index contributed by atoms with van der Waals surface area (Å²) >= 11 is 0. The third-order valence-corrected chi connectivity index (χ3v) is 7.34. The summed E-state index contributed by atoms with van der Waals surface area (Å²) in [6.45, 7) is 4.57. The van der Waals surface area contributed by atoms with E-state index >= 15 is 0 Å². The van der Waals surface area contributed by atoms with Crippen molar-refractivity contribution < 1.29 is 14.3 Å². The van der Waals surface area contributed by atoms with Gasteiger partial charge in [0.15, 0.2) is 5.96 Å². The molecule has 218 valence electrons. The highest BCUT2D eigenvalue weighted by Crippen LogP contribution is 2.22. The Bertz CT molecular complexity index is 1310. The Balaban J connectivity index is 1.45. The lowest BCUT2D eigenvalue weighted by Gasteiger charge is -2.29. The summed E-state index contributed by atoms with van der Waals surface area (Å²) in [4.78, 5) is 32.8. The van der Waals surface area contributed by atoms with Crippen molar-refractivity contribution in [3.05, 3.63) is 83.9 Å². The van der Waals surface area contributed by atoms with Crippen LogP contribution in [-0.4, -0.2) is 67.5 Å². The van der Waals surface area contributed by atoms with Crippen molar-refractivity contribution >= 4 is 28.5 Å². The first-order chi connectivity index (χ1) is 19.9. The number of nitrogens with two attached hydrogens (primary N) is 2. The van der Waals surface area contributed by atoms with E-state index in [1.165, 1.54) is 0 Å². The number of aliphatic imine (C=N–C) groups is 1. The molecule has 9 heteroatoms. The van der Waals surface area contributed by atoms with Crippen molar-refractivity contribution in [1.82, 2.24) is 15.5 Å². The van der Waals surface area contributed by atoms with Crippen molar-refractivity contribution in [3.63, 3.8) is 0 Å². The molecule has 0 saturated carbocycles. The molecule has 41 heavy (non-hydrogen) atoms.